The number of piperidine rings is 1. The predicted molar refractivity (Wildman–Crippen MR) is 128 cm³/mol. The van der Waals surface area contributed by atoms with Crippen LogP contribution in [0.25, 0.3) is 0 Å². The smallest absolute Gasteiger partial charge is 0.407 e. The second-order valence-electron chi connectivity index (χ2n) is 10.0. The molecule has 6 heteroatoms. The van der Waals surface area contributed by atoms with Gasteiger partial charge in [-0.05, 0) is 48.6 Å². The Bertz CT molecular complexity index is 997. The molecule has 2 aliphatic rings. The van der Waals surface area contributed by atoms with Gasteiger partial charge in [0.05, 0.1) is 20.1 Å². The molecule has 4 atom stereocenters. The zero-order valence-electron chi connectivity index (χ0n) is 19.4. The van der Waals surface area contributed by atoms with Crippen LogP contribution in [0, 0.1) is 0 Å². The molecule has 1 aliphatic heterocycles. The Morgan fingerprint density at radius 3 is 2.76 bits per heavy atom. The Labute approximate surface area is 196 Å². The van der Waals surface area contributed by atoms with Gasteiger partial charge in [-0.2, -0.15) is 0 Å². The number of phenols is 1. The molecular formula is C27H35N2O4+. The van der Waals surface area contributed by atoms with Crippen molar-refractivity contribution in [3.63, 3.8) is 0 Å². The second kappa shape index (κ2) is 9.20. The van der Waals surface area contributed by atoms with Crippen molar-refractivity contribution in [1.82, 2.24) is 5.32 Å². The summed E-state index contributed by atoms with van der Waals surface area (Å²) >= 11 is 0. The van der Waals surface area contributed by atoms with Crippen molar-refractivity contribution in [2.24, 2.45) is 0 Å². The monoisotopic (exact) mass is 451 g/mol. The number of hydrogen-bond donors (Lipinski definition) is 3. The van der Waals surface area contributed by atoms with Gasteiger partial charge in [0.2, 0.25) is 0 Å². The van der Waals surface area contributed by atoms with E-state index < -0.39 is 17.1 Å². The number of rotatable bonds is 6. The quantitative estimate of drug-likeness (QED) is 0.460. The molecule has 0 radical (unpaired) electrons. The number of likely N-dealkylation sites (N-methyl/N-ethyl adjacent to an activating group) is 1. The lowest BCUT2D eigenvalue weighted by molar-refractivity contribution is -0.918. The Morgan fingerprint density at radius 1 is 1.24 bits per heavy atom. The van der Waals surface area contributed by atoms with Crippen LogP contribution in [0.4, 0.5) is 4.79 Å². The molecule has 2 aromatic carbocycles. The summed E-state index contributed by atoms with van der Waals surface area (Å²) in [5.41, 5.74) is 0.371. The number of hydrogen-bond acceptors (Lipinski definition) is 4. The van der Waals surface area contributed by atoms with E-state index in [1.54, 1.807) is 12.1 Å². The maximum Gasteiger partial charge on any atom is 0.407 e. The van der Waals surface area contributed by atoms with Gasteiger partial charge in [0, 0.05) is 17.9 Å². The molecule has 0 spiro atoms. The van der Waals surface area contributed by atoms with Gasteiger partial charge in [-0.15, -0.1) is 0 Å². The minimum atomic E-state index is -0.942. The van der Waals surface area contributed by atoms with Crippen LogP contribution in [0.5, 0.6) is 5.75 Å². The van der Waals surface area contributed by atoms with Crippen LogP contribution < -0.4 is 5.32 Å². The van der Waals surface area contributed by atoms with Crippen LogP contribution in [0.3, 0.4) is 0 Å². The summed E-state index contributed by atoms with van der Waals surface area (Å²) in [5.74, 6) is 0.190. The maximum absolute atomic E-state index is 12.6. The summed E-state index contributed by atoms with van der Waals surface area (Å²) < 4.78 is 6.18. The van der Waals surface area contributed by atoms with E-state index in [0.29, 0.717) is 25.8 Å². The number of alkyl carbamates (subject to hydrolysis) is 1. The van der Waals surface area contributed by atoms with E-state index >= 15 is 0 Å². The van der Waals surface area contributed by atoms with E-state index in [0.717, 1.165) is 35.1 Å². The lowest BCUT2D eigenvalue weighted by atomic mass is 9.55. The molecule has 4 rings (SSSR count). The number of fused-ring (bicyclic) bond motifs is 1. The molecule has 0 aromatic heterocycles. The van der Waals surface area contributed by atoms with Crippen LogP contribution >= 0.6 is 0 Å². The van der Waals surface area contributed by atoms with Crippen molar-refractivity contribution in [2.45, 2.75) is 49.3 Å². The van der Waals surface area contributed by atoms with Crippen molar-refractivity contribution in [3.8, 4) is 5.75 Å². The fraction of sp³-hybridized carbons (Fsp3) is 0.444. The SMILES string of the molecule is C=CC[N@@+]1(C)CC[C@@]2(c3cccc(O)c3)C[C@@H](NC(=O)OCc3ccccc3)CCC2(O)C1. The number of nitrogens with zero attached hydrogens (tertiary/aromatic N) is 1. The van der Waals surface area contributed by atoms with Crippen LogP contribution in [0.2, 0.25) is 0 Å². The highest BCUT2D eigenvalue weighted by Crippen LogP contribution is 2.53. The zero-order valence-corrected chi connectivity index (χ0v) is 19.4. The third-order valence-corrected chi connectivity index (χ3v) is 7.62. The lowest BCUT2D eigenvalue weighted by Gasteiger charge is -2.59. The molecule has 1 saturated carbocycles. The number of aliphatic hydroxyl groups is 1. The Hall–Kier alpha value is -2.83. The first kappa shape index (κ1) is 23.3. The molecule has 2 aromatic rings. The molecule has 6 nitrogen and oxygen atoms in total. The number of ether oxygens (including phenoxy) is 1. The Kier molecular flexibility index (Phi) is 6.50. The number of phenolic OH excluding ortho intramolecular Hbond substituents is 1. The lowest BCUT2D eigenvalue weighted by Crippen LogP contribution is -2.71. The summed E-state index contributed by atoms with van der Waals surface area (Å²) in [5, 5.41) is 25.3. The summed E-state index contributed by atoms with van der Waals surface area (Å²) in [6, 6.07) is 16.7. The number of likely N-dealkylation sites (tertiary alicyclic amines) is 1. The molecular weight excluding hydrogens is 416 g/mol. The van der Waals surface area contributed by atoms with E-state index in [2.05, 4.69) is 18.9 Å². The van der Waals surface area contributed by atoms with Crippen molar-refractivity contribution < 1.29 is 24.2 Å². The molecule has 176 valence electrons. The number of amides is 1. The van der Waals surface area contributed by atoms with E-state index in [9.17, 15) is 15.0 Å². The third-order valence-electron chi connectivity index (χ3n) is 7.62. The largest absolute Gasteiger partial charge is 0.508 e. The fourth-order valence-corrected chi connectivity index (χ4v) is 5.96. The van der Waals surface area contributed by atoms with Gasteiger partial charge in [0.1, 0.15) is 24.5 Å². The van der Waals surface area contributed by atoms with Gasteiger partial charge in [-0.1, -0.05) is 49.0 Å². The summed E-state index contributed by atoms with van der Waals surface area (Å²) in [7, 11) is 2.16. The molecule has 1 heterocycles. The van der Waals surface area contributed by atoms with Crippen LogP contribution in [0.1, 0.15) is 36.8 Å². The molecule has 2 fully saturated rings. The number of quaternary nitrogens is 1. The van der Waals surface area contributed by atoms with Gasteiger partial charge in [-0.3, -0.25) is 0 Å². The van der Waals surface area contributed by atoms with Gasteiger partial charge < -0.3 is 24.7 Å². The second-order valence-corrected chi connectivity index (χ2v) is 10.0. The highest BCUT2D eigenvalue weighted by molar-refractivity contribution is 5.67. The number of aromatic hydroxyl groups is 1. The Morgan fingerprint density at radius 2 is 2.03 bits per heavy atom. The van der Waals surface area contributed by atoms with Crippen LogP contribution in [0.15, 0.2) is 67.3 Å². The molecule has 0 bridgehead atoms. The minimum Gasteiger partial charge on any atom is -0.508 e. The van der Waals surface area contributed by atoms with Crippen molar-refractivity contribution >= 4 is 6.09 Å². The first-order valence-electron chi connectivity index (χ1n) is 11.7. The summed E-state index contributed by atoms with van der Waals surface area (Å²) in [4.78, 5) is 12.6. The Balaban J connectivity index is 1.54. The number of benzene rings is 2. The average molecular weight is 452 g/mol. The third kappa shape index (κ3) is 4.77. The standard InChI is InChI=1S/C27H34N2O4/c1-3-15-29(2)16-14-26(22-10-7-11-24(30)17-22)18-23(12-13-27(26,32)20-29)28-25(31)33-19-21-8-5-4-6-9-21/h3-11,17,23,32H,1,12-16,18-20H2,2H3,(H-,28,30,31)/p+1/t23-,26-,27?,29-/m0/s1. The van der Waals surface area contributed by atoms with Crippen LogP contribution in [-0.2, 0) is 16.8 Å². The molecule has 1 saturated heterocycles. The number of carbonyl (C=O) groups excluding carboxylic acids is 1. The fourth-order valence-electron chi connectivity index (χ4n) is 5.96. The highest BCUT2D eigenvalue weighted by Gasteiger charge is 2.61. The topological polar surface area (TPSA) is 78.8 Å². The average Bonchev–Trinajstić information content (AvgIpc) is 2.79. The highest BCUT2D eigenvalue weighted by atomic mass is 16.5. The summed E-state index contributed by atoms with van der Waals surface area (Å²) in [6.07, 6.45) is 4.07. The predicted octanol–water partition coefficient (Wildman–Crippen LogP) is 3.88. The maximum atomic E-state index is 12.6. The summed E-state index contributed by atoms with van der Waals surface area (Å²) in [6.45, 7) is 6.42. The van der Waals surface area contributed by atoms with E-state index in [4.69, 9.17) is 4.74 Å². The molecule has 3 N–H and O–H groups in total. The number of carbonyl (C=O) groups is 1. The first-order valence-corrected chi connectivity index (χ1v) is 11.7. The van der Waals surface area contributed by atoms with Crippen molar-refractivity contribution in [3.05, 3.63) is 78.4 Å². The minimum absolute atomic E-state index is 0.118. The molecule has 1 amide bonds. The number of nitrogens with one attached hydrogen (secondary N) is 1. The van der Waals surface area contributed by atoms with Gasteiger partial charge >= 0.3 is 6.09 Å². The van der Waals surface area contributed by atoms with E-state index in [1.165, 1.54) is 0 Å². The van der Waals surface area contributed by atoms with Gasteiger partial charge in [-0.25, -0.2) is 4.79 Å². The van der Waals surface area contributed by atoms with E-state index in [-0.39, 0.29) is 18.4 Å². The van der Waals surface area contributed by atoms with Gasteiger partial charge in [0.25, 0.3) is 0 Å². The van der Waals surface area contributed by atoms with Crippen molar-refractivity contribution in [2.75, 3.05) is 26.7 Å². The van der Waals surface area contributed by atoms with Crippen LogP contribution in [-0.4, -0.2) is 59.1 Å². The molecule has 33 heavy (non-hydrogen) atoms. The zero-order chi connectivity index (χ0) is 23.5. The normalized spacial score (nSPS) is 31.3. The van der Waals surface area contributed by atoms with Crippen molar-refractivity contribution in [1.29, 1.82) is 0 Å². The molecule has 1 unspecified atom stereocenters. The first-order chi connectivity index (χ1) is 15.8. The van der Waals surface area contributed by atoms with E-state index in [1.807, 2.05) is 48.5 Å². The molecule has 1 aliphatic carbocycles. The van der Waals surface area contributed by atoms with Gasteiger partial charge in [0.15, 0.2) is 0 Å².